The zero-order valence-corrected chi connectivity index (χ0v) is 22.6. The van der Waals surface area contributed by atoms with Crippen LogP contribution in [-0.4, -0.2) is 69.8 Å². The van der Waals surface area contributed by atoms with Gasteiger partial charge < -0.3 is 19.8 Å². The minimum Gasteiger partial charge on any atom is -0.504 e. The van der Waals surface area contributed by atoms with Gasteiger partial charge in [0.15, 0.2) is 11.5 Å². The van der Waals surface area contributed by atoms with Gasteiger partial charge in [0, 0.05) is 31.3 Å². The summed E-state index contributed by atoms with van der Waals surface area (Å²) in [4.78, 5) is 17.3. The molecule has 3 aliphatic carbocycles. The second-order valence-corrected chi connectivity index (χ2v) is 12.4. The van der Waals surface area contributed by atoms with E-state index in [1.165, 1.54) is 36.0 Å². The Bertz CT molecular complexity index is 1460. The third kappa shape index (κ3) is 3.86. The Morgan fingerprint density at radius 1 is 1.20 bits per heavy atom. The van der Waals surface area contributed by atoms with E-state index in [4.69, 9.17) is 4.74 Å². The molecule has 3 fully saturated rings. The first-order valence-corrected chi connectivity index (χ1v) is 14.2. The molecule has 2 heterocycles. The maximum Gasteiger partial charge on any atom is 0.419 e. The van der Waals surface area contributed by atoms with Gasteiger partial charge in [-0.25, -0.2) is 4.39 Å². The summed E-state index contributed by atoms with van der Waals surface area (Å²) in [6.07, 6.45) is 1.62. The number of likely N-dealkylation sites (tertiary alicyclic amines) is 1. The van der Waals surface area contributed by atoms with Crippen molar-refractivity contribution in [1.29, 1.82) is 0 Å². The highest BCUT2D eigenvalue weighted by atomic mass is 19.4. The van der Waals surface area contributed by atoms with Gasteiger partial charge in [-0.3, -0.25) is 9.69 Å². The van der Waals surface area contributed by atoms with E-state index in [1.54, 1.807) is 13.1 Å². The van der Waals surface area contributed by atoms with Gasteiger partial charge in [-0.15, -0.1) is 0 Å². The van der Waals surface area contributed by atoms with Crippen molar-refractivity contribution in [1.82, 2.24) is 9.80 Å². The van der Waals surface area contributed by atoms with Crippen LogP contribution in [0.15, 0.2) is 36.4 Å². The second-order valence-electron chi connectivity index (χ2n) is 12.4. The molecular formula is C31H32F4N2O4. The van der Waals surface area contributed by atoms with Crippen molar-refractivity contribution in [3.63, 3.8) is 0 Å². The minimum atomic E-state index is -4.85. The zero-order valence-electron chi connectivity index (χ0n) is 22.6. The van der Waals surface area contributed by atoms with Crippen LogP contribution in [0.25, 0.3) is 6.08 Å². The van der Waals surface area contributed by atoms with E-state index in [0.717, 1.165) is 30.3 Å². The van der Waals surface area contributed by atoms with Crippen molar-refractivity contribution < 1.29 is 37.3 Å². The summed E-state index contributed by atoms with van der Waals surface area (Å²) < 4.78 is 59.7. The van der Waals surface area contributed by atoms with Crippen LogP contribution in [0.2, 0.25) is 0 Å². The third-order valence-electron chi connectivity index (χ3n) is 10.3. The van der Waals surface area contributed by atoms with Crippen molar-refractivity contribution in [3.05, 3.63) is 64.5 Å². The summed E-state index contributed by atoms with van der Waals surface area (Å²) >= 11 is 0. The van der Waals surface area contributed by atoms with E-state index in [2.05, 4.69) is 4.90 Å². The minimum absolute atomic E-state index is 0.0122. The predicted molar refractivity (Wildman–Crippen MR) is 142 cm³/mol. The molecular weight excluding hydrogens is 540 g/mol. The first-order valence-electron chi connectivity index (χ1n) is 14.2. The van der Waals surface area contributed by atoms with Crippen molar-refractivity contribution in [2.24, 2.45) is 5.92 Å². The number of ether oxygens (including phenoxy) is 1. The first kappa shape index (κ1) is 26.8. The molecule has 5 aliphatic rings. The average Bonchev–Trinajstić information content (AvgIpc) is 3.67. The number of alkyl halides is 3. The number of benzene rings is 2. The number of hydrogen-bond donors (Lipinski definition) is 2. The van der Waals surface area contributed by atoms with E-state index in [9.17, 15) is 32.6 Å². The van der Waals surface area contributed by atoms with Gasteiger partial charge in [0.25, 0.3) is 0 Å². The summed E-state index contributed by atoms with van der Waals surface area (Å²) in [5.41, 5.74) is -1.30. The maximum absolute atomic E-state index is 13.7. The lowest BCUT2D eigenvalue weighted by Gasteiger charge is -2.64. The highest BCUT2D eigenvalue weighted by Crippen LogP contribution is 2.66. The van der Waals surface area contributed by atoms with Gasteiger partial charge in [0.1, 0.15) is 11.9 Å². The molecule has 2 N–H and O–H groups in total. The molecule has 2 saturated carbocycles. The Hall–Kier alpha value is -3.11. The molecule has 1 spiro atoms. The van der Waals surface area contributed by atoms with Crippen molar-refractivity contribution in [3.8, 4) is 11.5 Å². The van der Waals surface area contributed by atoms with Crippen LogP contribution >= 0.6 is 0 Å². The number of likely N-dealkylation sites (N-methyl/N-ethyl adjacent to an activating group) is 1. The van der Waals surface area contributed by atoms with Crippen LogP contribution in [0, 0.1) is 11.7 Å². The summed E-state index contributed by atoms with van der Waals surface area (Å²) in [6.45, 7) is 1.75. The Morgan fingerprint density at radius 3 is 2.71 bits per heavy atom. The number of phenolic OH excluding ortho intramolecular Hbond substituents is 1. The summed E-state index contributed by atoms with van der Waals surface area (Å²) in [5.74, 6) is -0.758. The molecule has 2 bridgehead atoms. The van der Waals surface area contributed by atoms with Crippen LogP contribution in [-0.2, 0) is 22.8 Å². The third-order valence-corrected chi connectivity index (χ3v) is 10.3. The first-order chi connectivity index (χ1) is 19.4. The smallest absolute Gasteiger partial charge is 0.419 e. The molecule has 10 heteroatoms. The number of amides is 1. The standard InChI is InChI=1S/C31H32F4N2O4/c1-36(25(39)9-5-17-4-7-21(32)20(14-17)31(33,34)35)22-10-11-30(40)24-15-19-6-8-23(38)27-26(19)29(30,28(22)41-27)12-13-37(24)16-18-2-3-18/h4-9,14,18,22,24,28,38,40H,2-3,10-13,15-16H2,1H3/b9-5+/t22?,24-,28?,29+,30-/m1/s1. The molecule has 0 radical (unpaired) electrons. The zero-order chi connectivity index (χ0) is 28.9. The van der Waals surface area contributed by atoms with Crippen LogP contribution in [0.3, 0.4) is 0 Å². The molecule has 41 heavy (non-hydrogen) atoms. The molecule has 2 aliphatic heterocycles. The summed E-state index contributed by atoms with van der Waals surface area (Å²) in [6, 6.07) is 5.63. The Balaban J connectivity index is 1.21. The maximum atomic E-state index is 13.7. The van der Waals surface area contributed by atoms with Crippen LogP contribution in [0.1, 0.15) is 54.4 Å². The van der Waals surface area contributed by atoms with Crippen LogP contribution in [0.5, 0.6) is 11.5 Å². The lowest BCUT2D eigenvalue weighted by atomic mass is 9.48. The van der Waals surface area contributed by atoms with E-state index < -0.39 is 46.6 Å². The molecule has 2 unspecified atom stereocenters. The fourth-order valence-electron chi connectivity index (χ4n) is 8.16. The normalized spacial score (nSPS) is 32.1. The number of aliphatic hydroxyl groups is 1. The fourth-order valence-corrected chi connectivity index (χ4v) is 8.16. The van der Waals surface area contributed by atoms with Gasteiger partial charge >= 0.3 is 6.18 Å². The Morgan fingerprint density at radius 2 is 1.98 bits per heavy atom. The van der Waals surface area contributed by atoms with Crippen molar-refractivity contribution in [2.75, 3.05) is 20.1 Å². The average molecular weight is 573 g/mol. The number of phenols is 1. The number of halogens is 4. The molecule has 1 amide bonds. The highest BCUT2D eigenvalue weighted by Gasteiger charge is 2.73. The number of aromatic hydroxyl groups is 1. The Labute approximate surface area is 235 Å². The fraction of sp³-hybridized carbons (Fsp3) is 0.516. The molecule has 2 aromatic rings. The van der Waals surface area contributed by atoms with Gasteiger partial charge in [0.05, 0.1) is 22.6 Å². The van der Waals surface area contributed by atoms with Gasteiger partial charge in [0.2, 0.25) is 5.91 Å². The number of carbonyl (C=O) groups is 1. The van der Waals surface area contributed by atoms with E-state index >= 15 is 0 Å². The highest BCUT2D eigenvalue weighted by molar-refractivity contribution is 5.92. The van der Waals surface area contributed by atoms with Gasteiger partial charge in [-0.1, -0.05) is 12.1 Å². The van der Waals surface area contributed by atoms with Gasteiger partial charge in [-0.05, 0) is 86.4 Å². The van der Waals surface area contributed by atoms with Gasteiger partial charge in [-0.2, -0.15) is 13.2 Å². The number of nitrogens with zero attached hydrogens (tertiary/aromatic N) is 2. The molecule has 5 atom stereocenters. The molecule has 218 valence electrons. The SMILES string of the molecule is CN(C(=O)/C=C/c1ccc(F)c(C(F)(F)F)c1)C1CC[C@@]2(O)[C@H]3Cc4ccc(O)c5c4[C@@]2(CCN3CC2CC2)C1O5. The van der Waals surface area contributed by atoms with Crippen LogP contribution < -0.4 is 4.74 Å². The number of rotatable bonds is 5. The van der Waals surface area contributed by atoms with Crippen molar-refractivity contribution >= 4 is 12.0 Å². The van der Waals surface area contributed by atoms with E-state index in [0.29, 0.717) is 43.4 Å². The van der Waals surface area contributed by atoms with Crippen LogP contribution in [0.4, 0.5) is 17.6 Å². The predicted octanol–water partition coefficient (Wildman–Crippen LogP) is 4.65. The lowest BCUT2D eigenvalue weighted by molar-refractivity contribution is -0.200. The lowest BCUT2D eigenvalue weighted by Crippen LogP contribution is -2.78. The summed E-state index contributed by atoms with van der Waals surface area (Å²) in [5, 5.41) is 23.4. The summed E-state index contributed by atoms with van der Waals surface area (Å²) in [7, 11) is 1.62. The number of piperidine rings is 1. The van der Waals surface area contributed by atoms with E-state index in [-0.39, 0.29) is 17.4 Å². The van der Waals surface area contributed by atoms with E-state index in [1.807, 2.05) is 6.07 Å². The topological polar surface area (TPSA) is 73.2 Å². The molecule has 1 saturated heterocycles. The monoisotopic (exact) mass is 572 g/mol. The Kier molecular flexibility index (Phi) is 5.84. The molecule has 7 rings (SSSR count). The number of carbonyl (C=O) groups excluding carboxylic acids is 1. The second kappa shape index (κ2) is 8.94. The molecule has 0 aromatic heterocycles. The number of hydrogen-bond acceptors (Lipinski definition) is 5. The molecule has 6 nitrogen and oxygen atoms in total. The van der Waals surface area contributed by atoms with Crippen molar-refractivity contribution in [2.45, 2.75) is 73.9 Å². The molecule has 2 aromatic carbocycles. The largest absolute Gasteiger partial charge is 0.504 e. The quantitative estimate of drug-likeness (QED) is 0.403.